The summed E-state index contributed by atoms with van der Waals surface area (Å²) in [5, 5.41) is 3.30. The molecule has 1 rings (SSSR count). The van der Waals surface area contributed by atoms with Gasteiger partial charge in [-0.1, -0.05) is 13.8 Å². The Morgan fingerprint density at radius 3 is 2.07 bits per heavy atom. The van der Waals surface area contributed by atoms with E-state index in [0.29, 0.717) is 0 Å². The largest absolute Gasteiger partial charge is 0.319 e. The Hall–Kier alpha value is -0.0800. The van der Waals surface area contributed by atoms with Crippen molar-refractivity contribution in [3.8, 4) is 0 Å². The highest BCUT2D eigenvalue weighted by atomic mass is 15.1. The maximum absolute atomic E-state index is 3.30. The summed E-state index contributed by atoms with van der Waals surface area (Å²) >= 11 is 0. The van der Waals surface area contributed by atoms with Crippen LogP contribution >= 0.6 is 0 Å². The van der Waals surface area contributed by atoms with Crippen molar-refractivity contribution < 1.29 is 0 Å². The van der Waals surface area contributed by atoms with Crippen molar-refractivity contribution >= 4 is 0 Å². The van der Waals surface area contributed by atoms with Crippen molar-refractivity contribution in [1.29, 1.82) is 0 Å². The Morgan fingerprint density at radius 1 is 1.07 bits per heavy atom. The predicted molar refractivity (Wildman–Crippen MR) is 62.6 cm³/mol. The van der Waals surface area contributed by atoms with Crippen LogP contribution in [0.4, 0.5) is 0 Å². The average molecular weight is 198 g/mol. The van der Waals surface area contributed by atoms with Gasteiger partial charge < -0.3 is 10.2 Å². The summed E-state index contributed by atoms with van der Waals surface area (Å²) in [6.07, 6.45) is 5.66. The zero-order valence-electron chi connectivity index (χ0n) is 10.1. The third-order valence-corrected chi connectivity index (χ3v) is 3.64. The zero-order chi connectivity index (χ0) is 10.4. The summed E-state index contributed by atoms with van der Waals surface area (Å²) < 4.78 is 0. The van der Waals surface area contributed by atoms with Gasteiger partial charge in [0.25, 0.3) is 0 Å². The molecule has 2 heteroatoms. The first-order chi connectivity index (χ1) is 6.81. The summed E-state index contributed by atoms with van der Waals surface area (Å²) in [7, 11) is 2.07. The molecule has 2 nitrogen and oxygen atoms in total. The van der Waals surface area contributed by atoms with Crippen LogP contribution in [0.15, 0.2) is 0 Å². The van der Waals surface area contributed by atoms with Crippen LogP contribution in [-0.2, 0) is 0 Å². The molecular formula is C12H26N2. The number of rotatable bonds is 5. The van der Waals surface area contributed by atoms with Crippen LogP contribution in [-0.4, -0.2) is 37.6 Å². The lowest BCUT2D eigenvalue weighted by atomic mass is 9.85. The molecule has 0 aromatic rings. The van der Waals surface area contributed by atoms with Gasteiger partial charge in [0.15, 0.2) is 0 Å². The van der Waals surface area contributed by atoms with Gasteiger partial charge in [0, 0.05) is 6.04 Å². The summed E-state index contributed by atoms with van der Waals surface area (Å²) in [6, 6.07) is 0.873. The van der Waals surface area contributed by atoms with E-state index >= 15 is 0 Å². The summed E-state index contributed by atoms with van der Waals surface area (Å²) in [5.74, 6) is 0.937. The van der Waals surface area contributed by atoms with E-state index in [1.54, 1.807) is 0 Å². The highest BCUT2D eigenvalue weighted by molar-refractivity contribution is 4.79. The minimum Gasteiger partial charge on any atom is -0.319 e. The monoisotopic (exact) mass is 198 g/mol. The molecule has 14 heavy (non-hydrogen) atoms. The molecule has 0 saturated heterocycles. The van der Waals surface area contributed by atoms with Crippen molar-refractivity contribution in [2.45, 2.75) is 45.6 Å². The van der Waals surface area contributed by atoms with Crippen LogP contribution in [0.2, 0.25) is 0 Å². The lowest BCUT2D eigenvalue weighted by Gasteiger charge is -2.35. The van der Waals surface area contributed by atoms with E-state index in [0.717, 1.165) is 12.0 Å². The lowest BCUT2D eigenvalue weighted by Crippen LogP contribution is -2.39. The number of hydrogen-bond donors (Lipinski definition) is 1. The quantitative estimate of drug-likeness (QED) is 0.728. The highest BCUT2D eigenvalue weighted by Crippen LogP contribution is 2.26. The Kier molecular flexibility index (Phi) is 5.49. The van der Waals surface area contributed by atoms with Gasteiger partial charge in [-0.2, -0.15) is 0 Å². The highest BCUT2D eigenvalue weighted by Gasteiger charge is 2.23. The van der Waals surface area contributed by atoms with Crippen molar-refractivity contribution in [1.82, 2.24) is 10.2 Å². The van der Waals surface area contributed by atoms with Gasteiger partial charge in [0.1, 0.15) is 0 Å². The molecule has 0 aromatic heterocycles. The molecule has 0 unspecified atom stereocenters. The standard InChI is InChI=1S/C12H26N2/c1-4-14(5-2)12-8-6-11(7-9-12)10-13-3/h11-13H,4-10H2,1-3H3. The third-order valence-electron chi connectivity index (χ3n) is 3.64. The summed E-state index contributed by atoms with van der Waals surface area (Å²) in [4.78, 5) is 2.62. The SMILES string of the molecule is CCN(CC)C1CCC(CNC)CC1. The molecule has 0 radical (unpaired) electrons. The van der Waals surface area contributed by atoms with Gasteiger partial charge in [-0.15, -0.1) is 0 Å². The van der Waals surface area contributed by atoms with E-state index in [1.165, 1.54) is 45.3 Å². The van der Waals surface area contributed by atoms with E-state index in [9.17, 15) is 0 Å². The molecule has 0 bridgehead atoms. The van der Waals surface area contributed by atoms with E-state index in [2.05, 4.69) is 31.1 Å². The van der Waals surface area contributed by atoms with Crippen LogP contribution in [0, 0.1) is 5.92 Å². The summed E-state index contributed by atoms with van der Waals surface area (Å²) in [6.45, 7) is 8.22. The Balaban J connectivity index is 2.27. The maximum atomic E-state index is 3.30. The van der Waals surface area contributed by atoms with Crippen molar-refractivity contribution in [3.63, 3.8) is 0 Å². The minimum absolute atomic E-state index is 0.873. The van der Waals surface area contributed by atoms with Gasteiger partial charge in [-0.05, 0) is 58.3 Å². The molecule has 84 valence electrons. The smallest absolute Gasteiger partial charge is 0.00952 e. The molecule has 0 aromatic carbocycles. The fraction of sp³-hybridized carbons (Fsp3) is 1.00. The van der Waals surface area contributed by atoms with E-state index in [1.807, 2.05) is 0 Å². The molecule has 0 spiro atoms. The van der Waals surface area contributed by atoms with E-state index in [4.69, 9.17) is 0 Å². The molecule has 0 amide bonds. The first-order valence-electron chi connectivity index (χ1n) is 6.20. The van der Waals surface area contributed by atoms with Crippen LogP contribution in [0.3, 0.4) is 0 Å². The second-order valence-electron chi connectivity index (χ2n) is 4.45. The minimum atomic E-state index is 0.873. The first kappa shape index (κ1) is 12.0. The molecule has 0 aliphatic heterocycles. The number of hydrogen-bond acceptors (Lipinski definition) is 2. The van der Waals surface area contributed by atoms with Crippen molar-refractivity contribution in [2.24, 2.45) is 5.92 Å². The maximum Gasteiger partial charge on any atom is 0.00952 e. The molecule has 0 heterocycles. The van der Waals surface area contributed by atoms with Crippen LogP contribution in [0.1, 0.15) is 39.5 Å². The van der Waals surface area contributed by atoms with Crippen LogP contribution in [0.5, 0.6) is 0 Å². The molecule has 0 atom stereocenters. The lowest BCUT2D eigenvalue weighted by molar-refractivity contribution is 0.148. The molecule has 1 N–H and O–H groups in total. The normalized spacial score (nSPS) is 28.3. The van der Waals surface area contributed by atoms with Crippen molar-refractivity contribution in [3.05, 3.63) is 0 Å². The fourth-order valence-electron chi connectivity index (χ4n) is 2.74. The molecule has 1 aliphatic rings. The second-order valence-corrected chi connectivity index (χ2v) is 4.45. The number of nitrogens with one attached hydrogen (secondary N) is 1. The summed E-state index contributed by atoms with van der Waals surface area (Å²) in [5.41, 5.74) is 0. The Morgan fingerprint density at radius 2 is 1.64 bits per heavy atom. The molecular weight excluding hydrogens is 172 g/mol. The van der Waals surface area contributed by atoms with Gasteiger partial charge in [0.05, 0.1) is 0 Å². The van der Waals surface area contributed by atoms with Crippen LogP contribution in [0.25, 0.3) is 0 Å². The fourth-order valence-corrected chi connectivity index (χ4v) is 2.74. The molecule has 1 fully saturated rings. The van der Waals surface area contributed by atoms with Crippen LogP contribution < -0.4 is 5.32 Å². The van der Waals surface area contributed by atoms with Crippen molar-refractivity contribution in [2.75, 3.05) is 26.7 Å². The zero-order valence-corrected chi connectivity index (χ0v) is 10.1. The third kappa shape index (κ3) is 3.25. The van der Waals surface area contributed by atoms with Gasteiger partial charge in [0.2, 0.25) is 0 Å². The second kappa shape index (κ2) is 6.41. The van der Waals surface area contributed by atoms with E-state index < -0.39 is 0 Å². The predicted octanol–water partition coefficient (Wildman–Crippen LogP) is 2.11. The topological polar surface area (TPSA) is 15.3 Å². The molecule has 1 aliphatic carbocycles. The Bertz CT molecular complexity index is 135. The van der Waals surface area contributed by atoms with Gasteiger partial charge in [-0.25, -0.2) is 0 Å². The first-order valence-corrected chi connectivity index (χ1v) is 6.20. The van der Waals surface area contributed by atoms with Gasteiger partial charge >= 0.3 is 0 Å². The van der Waals surface area contributed by atoms with E-state index in [-0.39, 0.29) is 0 Å². The molecule has 1 saturated carbocycles. The number of nitrogens with zero attached hydrogens (tertiary/aromatic N) is 1. The Labute approximate surface area is 89.1 Å². The van der Waals surface area contributed by atoms with Gasteiger partial charge in [-0.3, -0.25) is 0 Å². The average Bonchev–Trinajstić information content (AvgIpc) is 2.23.